The molecule has 154 valence electrons. The molecule has 1 saturated heterocycles. The summed E-state index contributed by atoms with van der Waals surface area (Å²) < 4.78 is 0. The molecule has 4 aromatic rings. The molecule has 0 saturated carbocycles. The van der Waals surface area contributed by atoms with E-state index in [9.17, 15) is 4.79 Å². The molecule has 1 fully saturated rings. The van der Waals surface area contributed by atoms with Crippen molar-refractivity contribution >= 4 is 16.8 Å². The third kappa shape index (κ3) is 4.05. The average Bonchev–Trinajstić information content (AvgIpc) is 2.84. The lowest BCUT2D eigenvalue weighted by atomic mass is 10.0. The summed E-state index contributed by atoms with van der Waals surface area (Å²) >= 11 is 0. The fourth-order valence-electron chi connectivity index (χ4n) is 4.18. The molecule has 5 heteroatoms. The first kappa shape index (κ1) is 19.4. The van der Waals surface area contributed by atoms with Crippen molar-refractivity contribution in [3.63, 3.8) is 0 Å². The van der Waals surface area contributed by atoms with Crippen molar-refractivity contribution < 1.29 is 4.79 Å². The smallest absolute Gasteiger partial charge is 0.256 e. The van der Waals surface area contributed by atoms with Crippen molar-refractivity contribution in [1.29, 1.82) is 0 Å². The summed E-state index contributed by atoms with van der Waals surface area (Å²) in [4.78, 5) is 18.1. The molecule has 5 rings (SSSR count). The number of hydrogen-bond acceptors (Lipinski definition) is 4. The second-order valence-electron chi connectivity index (χ2n) is 7.86. The Hall–Kier alpha value is -3.57. The van der Waals surface area contributed by atoms with E-state index in [1.54, 1.807) is 0 Å². The van der Waals surface area contributed by atoms with Crippen LogP contribution in [0, 0.1) is 0 Å². The first-order chi connectivity index (χ1) is 15.3. The molecule has 0 unspecified atom stereocenters. The van der Waals surface area contributed by atoms with E-state index in [0.717, 1.165) is 36.1 Å². The van der Waals surface area contributed by atoms with Gasteiger partial charge < -0.3 is 4.90 Å². The fraction of sp³-hybridized carbons (Fsp3) is 0.192. The second-order valence-corrected chi connectivity index (χ2v) is 7.86. The number of rotatable bonds is 4. The van der Waals surface area contributed by atoms with Gasteiger partial charge in [-0.3, -0.25) is 9.69 Å². The minimum atomic E-state index is 0.0318. The minimum absolute atomic E-state index is 0.0318. The number of piperazine rings is 1. The van der Waals surface area contributed by atoms with Crippen molar-refractivity contribution in [1.82, 2.24) is 20.0 Å². The van der Waals surface area contributed by atoms with Gasteiger partial charge in [0.15, 0.2) is 0 Å². The number of aromatic nitrogens is 2. The van der Waals surface area contributed by atoms with E-state index >= 15 is 0 Å². The highest BCUT2D eigenvalue weighted by Crippen LogP contribution is 2.28. The molecule has 2 heterocycles. The van der Waals surface area contributed by atoms with E-state index in [1.165, 1.54) is 5.56 Å². The van der Waals surface area contributed by atoms with Crippen LogP contribution in [0.25, 0.3) is 22.2 Å². The van der Waals surface area contributed by atoms with Gasteiger partial charge in [-0.2, -0.15) is 0 Å². The first-order valence-corrected chi connectivity index (χ1v) is 10.7. The van der Waals surface area contributed by atoms with Gasteiger partial charge in [0.05, 0.1) is 11.1 Å². The highest BCUT2D eigenvalue weighted by molar-refractivity contribution is 6.10. The number of amides is 1. The average molecular weight is 409 g/mol. The van der Waals surface area contributed by atoms with Crippen LogP contribution in [0.1, 0.15) is 15.9 Å². The molecule has 1 aromatic heterocycles. The van der Waals surface area contributed by atoms with Crippen molar-refractivity contribution in [2.24, 2.45) is 0 Å². The molecule has 1 aliphatic rings. The highest BCUT2D eigenvalue weighted by Gasteiger charge is 2.27. The van der Waals surface area contributed by atoms with E-state index in [0.29, 0.717) is 24.3 Å². The molecule has 0 aliphatic carbocycles. The monoisotopic (exact) mass is 408 g/mol. The molecule has 3 aromatic carbocycles. The number of fused-ring (bicyclic) bond motifs is 1. The van der Waals surface area contributed by atoms with Gasteiger partial charge in [0.1, 0.15) is 5.69 Å². The Labute approximate surface area is 182 Å². The zero-order valence-electron chi connectivity index (χ0n) is 17.3. The zero-order valence-corrected chi connectivity index (χ0v) is 17.3. The molecule has 0 atom stereocenters. The summed E-state index contributed by atoms with van der Waals surface area (Å²) in [5, 5.41) is 9.69. The topological polar surface area (TPSA) is 49.3 Å². The number of benzene rings is 3. The van der Waals surface area contributed by atoms with Crippen molar-refractivity contribution in [3.8, 4) is 11.3 Å². The lowest BCUT2D eigenvalue weighted by Crippen LogP contribution is -2.48. The lowest BCUT2D eigenvalue weighted by molar-refractivity contribution is 0.0630. The molecule has 0 radical (unpaired) electrons. The standard InChI is InChI=1S/C26H24N4O/c31-26(30-17-15-29(16-18-30)19-20-9-3-1-4-10-20)24-22-13-7-8-14-23(22)27-28-25(24)21-11-5-2-6-12-21/h1-14H,15-19H2. The minimum Gasteiger partial charge on any atom is -0.336 e. The molecule has 0 N–H and O–H groups in total. The van der Waals surface area contributed by atoms with Crippen molar-refractivity contribution in [2.45, 2.75) is 6.54 Å². The summed E-state index contributed by atoms with van der Waals surface area (Å²) in [6, 6.07) is 28.1. The van der Waals surface area contributed by atoms with Gasteiger partial charge in [-0.15, -0.1) is 10.2 Å². The van der Waals surface area contributed by atoms with Crippen molar-refractivity contribution in [3.05, 3.63) is 96.1 Å². The SMILES string of the molecule is O=C(c1c(-c2ccccc2)nnc2ccccc12)N1CCN(Cc2ccccc2)CC1. The number of carbonyl (C=O) groups excluding carboxylic acids is 1. The van der Waals surface area contributed by atoms with Gasteiger partial charge in [0.25, 0.3) is 5.91 Å². The molecule has 0 spiro atoms. The highest BCUT2D eigenvalue weighted by atomic mass is 16.2. The Morgan fingerprint density at radius 3 is 2.13 bits per heavy atom. The van der Waals surface area contributed by atoms with Crippen LogP contribution in [0.4, 0.5) is 0 Å². The Morgan fingerprint density at radius 1 is 0.742 bits per heavy atom. The van der Waals surface area contributed by atoms with E-state index in [1.807, 2.05) is 65.6 Å². The Bertz CT molecular complexity index is 1190. The van der Waals surface area contributed by atoms with Gasteiger partial charge in [-0.05, 0) is 11.6 Å². The Balaban J connectivity index is 1.42. The molecule has 0 bridgehead atoms. The largest absolute Gasteiger partial charge is 0.336 e. The second kappa shape index (κ2) is 8.66. The summed E-state index contributed by atoms with van der Waals surface area (Å²) in [6.45, 7) is 4.04. The maximum atomic E-state index is 13.7. The summed E-state index contributed by atoms with van der Waals surface area (Å²) in [5.41, 5.74) is 4.25. The van der Waals surface area contributed by atoms with Gasteiger partial charge >= 0.3 is 0 Å². The molecule has 1 amide bonds. The van der Waals surface area contributed by atoms with Crippen LogP contribution in [-0.2, 0) is 6.54 Å². The Kier molecular flexibility index (Phi) is 5.42. The quantitative estimate of drug-likeness (QED) is 0.506. The van der Waals surface area contributed by atoms with Gasteiger partial charge in [-0.25, -0.2) is 0 Å². The van der Waals surface area contributed by atoms with E-state index in [4.69, 9.17) is 0 Å². The van der Waals surface area contributed by atoms with Crippen LogP contribution in [-0.4, -0.2) is 52.1 Å². The molecular weight excluding hydrogens is 384 g/mol. The van der Waals surface area contributed by atoms with Gasteiger partial charge in [0.2, 0.25) is 0 Å². The van der Waals surface area contributed by atoms with Crippen LogP contribution in [0.15, 0.2) is 84.9 Å². The first-order valence-electron chi connectivity index (χ1n) is 10.7. The van der Waals surface area contributed by atoms with E-state index in [2.05, 4.69) is 39.4 Å². The number of carbonyl (C=O) groups is 1. The summed E-state index contributed by atoms with van der Waals surface area (Å²) in [6.07, 6.45) is 0. The van der Waals surface area contributed by atoms with Gasteiger partial charge in [-0.1, -0.05) is 78.9 Å². The van der Waals surface area contributed by atoms with Crippen LogP contribution in [0.3, 0.4) is 0 Å². The maximum Gasteiger partial charge on any atom is 0.256 e. The molecule has 1 aliphatic heterocycles. The number of hydrogen-bond donors (Lipinski definition) is 0. The molecule has 31 heavy (non-hydrogen) atoms. The summed E-state index contributed by atoms with van der Waals surface area (Å²) in [7, 11) is 0. The predicted octanol–water partition coefficient (Wildman–Crippen LogP) is 4.25. The Morgan fingerprint density at radius 2 is 1.39 bits per heavy atom. The maximum absolute atomic E-state index is 13.7. The lowest BCUT2D eigenvalue weighted by Gasteiger charge is -2.35. The van der Waals surface area contributed by atoms with Crippen LogP contribution >= 0.6 is 0 Å². The van der Waals surface area contributed by atoms with Crippen molar-refractivity contribution in [2.75, 3.05) is 26.2 Å². The fourth-order valence-corrected chi connectivity index (χ4v) is 4.18. The van der Waals surface area contributed by atoms with E-state index < -0.39 is 0 Å². The molecule has 5 nitrogen and oxygen atoms in total. The molecular formula is C26H24N4O. The normalized spacial score (nSPS) is 14.6. The van der Waals surface area contributed by atoms with Gasteiger partial charge in [0, 0.05) is 43.7 Å². The van der Waals surface area contributed by atoms with Crippen LogP contribution < -0.4 is 0 Å². The number of nitrogens with zero attached hydrogens (tertiary/aromatic N) is 4. The van der Waals surface area contributed by atoms with E-state index in [-0.39, 0.29) is 5.91 Å². The summed E-state index contributed by atoms with van der Waals surface area (Å²) in [5.74, 6) is 0.0318. The zero-order chi connectivity index (χ0) is 21.0. The third-order valence-corrected chi connectivity index (χ3v) is 5.84. The third-order valence-electron chi connectivity index (χ3n) is 5.84. The van der Waals surface area contributed by atoms with Crippen LogP contribution in [0.5, 0.6) is 0 Å². The predicted molar refractivity (Wildman–Crippen MR) is 123 cm³/mol. The van der Waals surface area contributed by atoms with Crippen LogP contribution in [0.2, 0.25) is 0 Å².